The van der Waals surface area contributed by atoms with Crippen molar-refractivity contribution in [2.45, 2.75) is 71.6 Å². The summed E-state index contributed by atoms with van der Waals surface area (Å²) in [5, 5.41) is 10.4. The predicted molar refractivity (Wildman–Crippen MR) is 82.2 cm³/mol. The molecule has 0 aliphatic carbocycles. The Morgan fingerprint density at radius 2 is 2.05 bits per heavy atom. The summed E-state index contributed by atoms with van der Waals surface area (Å²) in [7, 11) is 0. The van der Waals surface area contributed by atoms with E-state index in [1.165, 1.54) is 0 Å². The number of carbonyl (C=O) groups excluding carboxylic acids is 1. The van der Waals surface area contributed by atoms with Crippen molar-refractivity contribution in [1.82, 2.24) is 4.90 Å². The van der Waals surface area contributed by atoms with Crippen LogP contribution in [0.4, 0.5) is 4.79 Å². The Labute approximate surface area is 128 Å². The molecule has 124 valence electrons. The Bertz CT molecular complexity index is 325. The summed E-state index contributed by atoms with van der Waals surface area (Å²) in [5.74, 6) is 0.627. The minimum absolute atomic E-state index is 0.305. The molecule has 2 unspecified atom stereocenters. The second-order valence-corrected chi connectivity index (χ2v) is 7.21. The SMILES string of the molecule is CC(C)CCCC(O)C1COCCN1C(=O)OC(C)(C)C. The van der Waals surface area contributed by atoms with Gasteiger partial charge in [0, 0.05) is 6.54 Å². The summed E-state index contributed by atoms with van der Waals surface area (Å²) in [4.78, 5) is 13.9. The first kappa shape index (κ1) is 18.2. The van der Waals surface area contributed by atoms with Gasteiger partial charge >= 0.3 is 6.09 Å². The molecule has 1 aliphatic rings. The smallest absolute Gasteiger partial charge is 0.410 e. The highest BCUT2D eigenvalue weighted by Crippen LogP contribution is 2.19. The summed E-state index contributed by atoms with van der Waals surface area (Å²) in [6, 6.07) is -0.305. The van der Waals surface area contributed by atoms with Crippen molar-refractivity contribution < 1.29 is 19.4 Å². The van der Waals surface area contributed by atoms with Crippen molar-refractivity contribution in [2.75, 3.05) is 19.8 Å². The average molecular weight is 301 g/mol. The summed E-state index contributed by atoms with van der Waals surface area (Å²) in [5.41, 5.74) is -0.525. The number of ether oxygens (including phenoxy) is 2. The molecule has 0 radical (unpaired) electrons. The maximum atomic E-state index is 12.2. The van der Waals surface area contributed by atoms with E-state index in [2.05, 4.69) is 13.8 Å². The van der Waals surface area contributed by atoms with E-state index in [0.717, 1.165) is 12.8 Å². The molecule has 1 fully saturated rings. The summed E-state index contributed by atoms with van der Waals surface area (Å²) >= 11 is 0. The van der Waals surface area contributed by atoms with Gasteiger partial charge in [0.2, 0.25) is 0 Å². The lowest BCUT2D eigenvalue weighted by Gasteiger charge is -2.38. The maximum Gasteiger partial charge on any atom is 0.410 e. The Morgan fingerprint density at radius 1 is 1.38 bits per heavy atom. The van der Waals surface area contributed by atoms with Gasteiger partial charge in [0.1, 0.15) is 5.60 Å². The van der Waals surface area contributed by atoms with Crippen LogP contribution in [0.1, 0.15) is 53.9 Å². The third kappa shape index (κ3) is 6.66. The molecule has 0 bridgehead atoms. The fraction of sp³-hybridized carbons (Fsp3) is 0.938. The zero-order valence-corrected chi connectivity index (χ0v) is 14.1. The molecule has 0 spiro atoms. The lowest BCUT2D eigenvalue weighted by atomic mass is 9.99. The zero-order chi connectivity index (χ0) is 16.0. The van der Waals surface area contributed by atoms with Crippen LogP contribution in [-0.2, 0) is 9.47 Å². The van der Waals surface area contributed by atoms with Crippen molar-refractivity contribution in [2.24, 2.45) is 5.92 Å². The number of morpholine rings is 1. The Balaban J connectivity index is 2.57. The van der Waals surface area contributed by atoms with Crippen molar-refractivity contribution in [3.05, 3.63) is 0 Å². The summed E-state index contributed by atoms with van der Waals surface area (Å²) < 4.78 is 10.9. The lowest BCUT2D eigenvalue weighted by molar-refractivity contribution is -0.0682. The van der Waals surface area contributed by atoms with Gasteiger partial charge in [-0.05, 0) is 33.1 Å². The van der Waals surface area contributed by atoms with Crippen molar-refractivity contribution in [3.8, 4) is 0 Å². The quantitative estimate of drug-likeness (QED) is 0.848. The van der Waals surface area contributed by atoms with Crippen LogP contribution in [0.5, 0.6) is 0 Å². The Morgan fingerprint density at radius 3 is 2.62 bits per heavy atom. The number of nitrogens with zero attached hydrogens (tertiary/aromatic N) is 1. The minimum atomic E-state index is -0.559. The van der Waals surface area contributed by atoms with E-state index >= 15 is 0 Å². The van der Waals surface area contributed by atoms with Gasteiger partial charge in [-0.3, -0.25) is 4.90 Å². The van der Waals surface area contributed by atoms with E-state index in [0.29, 0.717) is 32.1 Å². The van der Waals surface area contributed by atoms with Crippen molar-refractivity contribution in [1.29, 1.82) is 0 Å². The van der Waals surface area contributed by atoms with Crippen LogP contribution >= 0.6 is 0 Å². The van der Waals surface area contributed by atoms with Crippen LogP contribution < -0.4 is 0 Å². The molecule has 1 saturated heterocycles. The molecule has 1 rings (SSSR count). The predicted octanol–water partition coefficient (Wildman–Crippen LogP) is 2.81. The van der Waals surface area contributed by atoms with Gasteiger partial charge < -0.3 is 14.6 Å². The van der Waals surface area contributed by atoms with Gasteiger partial charge in [0.05, 0.1) is 25.4 Å². The number of aliphatic hydroxyl groups excluding tert-OH is 1. The van der Waals surface area contributed by atoms with E-state index in [-0.39, 0.29) is 12.1 Å². The number of carbonyl (C=O) groups is 1. The van der Waals surface area contributed by atoms with Crippen LogP contribution in [0, 0.1) is 5.92 Å². The van der Waals surface area contributed by atoms with Gasteiger partial charge in [0.15, 0.2) is 0 Å². The molecule has 0 aromatic carbocycles. The Kier molecular flexibility index (Phi) is 6.94. The molecule has 1 amide bonds. The molecular weight excluding hydrogens is 270 g/mol. The third-order valence-corrected chi connectivity index (χ3v) is 3.52. The average Bonchev–Trinajstić information content (AvgIpc) is 2.36. The molecule has 2 atom stereocenters. The van der Waals surface area contributed by atoms with Crippen LogP contribution in [0.25, 0.3) is 0 Å². The van der Waals surface area contributed by atoms with E-state index in [9.17, 15) is 9.90 Å². The first-order chi connectivity index (χ1) is 9.70. The highest BCUT2D eigenvalue weighted by Gasteiger charge is 2.35. The summed E-state index contributed by atoms with van der Waals surface area (Å²) in [6.07, 6.45) is 1.80. The number of hydrogen-bond acceptors (Lipinski definition) is 4. The number of aliphatic hydroxyl groups is 1. The molecular formula is C16H31NO4. The second kappa shape index (κ2) is 7.99. The first-order valence-corrected chi connectivity index (χ1v) is 7.96. The van der Waals surface area contributed by atoms with Crippen LogP contribution in [-0.4, -0.2) is 53.6 Å². The molecule has 1 N–H and O–H groups in total. The van der Waals surface area contributed by atoms with Crippen LogP contribution in [0.15, 0.2) is 0 Å². The number of rotatable bonds is 5. The van der Waals surface area contributed by atoms with E-state index in [4.69, 9.17) is 9.47 Å². The Hall–Kier alpha value is -0.810. The minimum Gasteiger partial charge on any atom is -0.444 e. The molecule has 0 aromatic rings. The standard InChI is InChI=1S/C16H31NO4/c1-12(2)7-6-8-14(18)13-11-20-10-9-17(13)15(19)21-16(3,4)5/h12-14,18H,6-11H2,1-5H3. The fourth-order valence-electron chi connectivity index (χ4n) is 2.42. The lowest BCUT2D eigenvalue weighted by Crippen LogP contribution is -2.55. The molecule has 5 nitrogen and oxygen atoms in total. The zero-order valence-electron chi connectivity index (χ0n) is 14.1. The van der Waals surface area contributed by atoms with Gasteiger partial charge in [0.25, 0.3) is 0 Å². The highest BCUT2D eigenvalue weighted by atomic mass is 16.6. The van der Waals surface area contributed by atoms with E-state index < -0.39 is 11.7 Å². The topological polar surface area (TPSA) is 59.0 Å². The van der Waals surface area contributed by atoms with Crippen LogP contribution in [0.3, 0.4) is 0 Å². The van der Waals surface area contributed by atoms with E-state index in [1.54, 1.807) is 4.90 Å². The molecule has 5 heteroatoms. The van der Waals surface area contributed by atoms with Gasteiger partial charge in [-0.2, -0.15) is 0 Å². The second-order valence-electron chi connectivity index (χ2n) is 7.21. The highest BCUT2D eigenvalue weighted by molar-refractivity contribution is 5.68. The van der Waals surface area contributed by atoms with Crippen LogP contribution in [0.2, 0.25) is 0 Å². The van der Waals surface area contributed by atoms with Gasteiger partial charge in [-0.25, -0.2) is 4.79 Å². The molecule has 0 aromatic heterocycles. The number of amides is 1. The summed E-state index contributed by atoms with van der Waals surface area (Å²) in [6.45, 7) is 11.2. The van der Waals surface area contributed by atoms with Gasteiger partial charge in [-0.1, -0.05) is 26.7 Å². The fourth-order valence-corrected chi connectivity index (χ4v) is 2.42. The maximum absolute atomic E-state index is 12.2. The molecule has 1 heterocycles. The molecule has 1 aliphatic heterocycles. The van der Waals surface area contributed by atoms with Crippen molar-refractivity contribution >= 4 is 6.09 Å². The van der Waals surface area contributed by atoms with E-state index in [1.807, 2.05) is 20.8 Å². The monoisotopic (exact) mass is 301 g/mol. The normalized spacial score (nSPS) is 21.5. The number of hydrogen-bond donors (Lipinski definition) is 1. The van der Waals surface area contributed by atoms with Gasteiger partial charge in [-0.15, -0.1) is 0 Å². The third-order valence-electron chi connectivity index (χ3n) is 3.52. The first-order valence-electron chi connectivity index (χ1n) is 7.96. The molecule has 0 saturated carbocycles. The van der Waals surface area contributed by atoms with Crippen molar-refractivity contribution in [3.63, 3.8) is 0 Å². The largest absolute Gasteiger partial charge is 0.444 e. The molecule has 21 heavy (non-hydrogen) atoms.